The van der Waals surface area contributed by atoms with Gasteiger partial charge in [-0.05, 0) is 32.8 Å². The first kappa shape index (κ1) is 18.3. The molecule has 0 atom stereocenters. The zero-order valence-corrected chi connectivity index (χ0v) is 15.7. The fraction of sp³-hybridized carbons (Fsp3) is 0.500. The van der Waals surface area contributed by atoms with Crippen LogP contribution in [-0.2, 0) is 12.0 Å². The van der Waals surface area contributed by atoms with E-state index in [2.05, 4.69) is 21.9 Å². The lowest BCUT2D eigenvalue weighted by molar-refractivity contribution is 0.236. The van der Waals surface area contributed by atoms with E-state index in [1.165, 1.54) is 18.4 Å². The third-order valence-corrected chi connectivity index (χ3v) is 5.43. The Labute approximate surface area is 154 Å². The summed E-state index contributed by atoms with van der Waals surface area (Å²) < 4.78 is 10.7. The highest BCUT2D eigenvalue weighted by Crippen LogP contribution is 2.44. The van der Waals surface area contributed by atoms with E-state index in [0.29, 0.717) is 13.1 Å². The molecule has 0 radical (unpaired) electrons. The van der Waals surface area contributed by atoms with Gasteiger partial charge in [-0.2, -0.15) is 0 Å². The second-order valence-electron chi connectivity index (χ2n) is 7.03. The molecule has 6 nitrogen and oxygen atoms in total. The van der Waals surface area contributed by atoms with Crippen LogP contribution in [-0.4, -0.2) is 24.8 Å². The van der Waals surface area contributed by atoms with Gasteiger partial charge in [0.15, 0.2) is 0 Å². The number of benzene rings is 1. The van der Waals surface area contributed by atoms with Crippen LogP contribution in [0, 0.1) is 13.8 Å². The summed E-state index contributed by atoms with van der Waals surface area (Å²) >= 11 is 0. The minimum absolute atomic E-state index is 0.0625. The van der Waals surface area contributed by atoms with Gasteiger partial charge in [0, 0.05) is 29.6 Å². The van der Waals surface area contributed by atoms with Gasteiger partial charge in [0.2, 0.25) is 0 Å². The minimum atomic E-state index is -0.175. The number of para-hydroxylation sites is 1. The Balaban J connectivity index is 1.65. The number of rotatable bonds is 6. The van der Waals surface area contributed by atoms with Crippen molar-refractivity contribution in [2.45, 2.75) is 51.5 Å². The lowest BCUT2D eigenvalue weighted by atomic mass is 9.78. The number of urea groups is 1. The summed E-state index contributed by atoms with van der Waals surface area (Å²) in [6, 6.07) is 7.95. The number of aryl methyl sites for hydroxylation is 2. The van der Waals surface area contributed by atoms with Crippen LogP contribution in [0.3, 0.4) is 0 Å². The second kappa shape index (κ2) is 7.81. The van der Waals surface area contributed by atoms with Gasteiger partial charge in [-0.15, -0.1) is 0 Å². The number of hydrogen-bond donors (Lipinski definition) is 2. The van der Waals surface area contributed by atoms with Crippen LogP contribution >= 0.6 is 0 Å². The number of amides is 2. The van der Waals surface area contributed by atoms with Gasteiger partial charge in [-0.1, -0.05) is 36.2 Å². The summed E-state index contributed by atoms with van der Waals surface area (Å²) in [6.07, 6.45) is 4.44. The SMILES string of the molecule is COc1ccccc1C1(CNC(=O)NCc2c(C)noc2C)CCCC1. The maximum Gasteiger partial charge on any atom is 0.315 e. The number of ether oxygens (including phenoxy) is 1. The number of hydrogen-bond acceptors (Lipinski definition) is 4. The maximum atomic E-state index is 12.3. The number of aromatic nitrogens is 1. The third kappa shape index (κ3) is 3.69. The third-order valence-electron chi connectivity index (χ3n) is 5.43. The lowest BCUT2D eigenvalue weighted by Gasteiger charge is -2.31. The largest absolute Gasteiger partial charge is 0.496 e. The van der Waals surface area contributed by atoms with Crippen molar-refractivity contribution in [3.63, 3.8) is 0 Å². The predicted molar refractivity (Wildman–Crippen MR) is 99.4 cm³/mol. The molecule has 1 aliphatic carbocycles. The summed E-state index contributed by atoms with van der Waals surface area (Å²) in [5.41, 5.74) is 2.86. The van der Waals surface area contributed by atoms with E-state index >= 15 is 0 Å². The molecule has 1 aliphatic rings. The Morgan fingerprint density at radius 2 is 1.96 bits per heavy atom. The zero-order valence-electron chi connectivity index (χ0n) is 15.7. The Morgan fingerprint density at radius 3 is 2.62 bits per heavy atom. The average Bonchev–Trinajstić information content (AvgIpc) is 3.26. The monoisotopic (exact) mass is 357 g/mol. The van der Waals surface area contributed by atoms with Crippen LogP contribution < -0.4 is 15.4 Å². The molecular weight excluding hydrogens is 330 g/mol. The van der Waals surface area contributed by atoms with Crippen molar-refractivity contribution < 1.29 is 14.1 Å². The van der Waals surface area contributed by atoms with Crippen molar-refractivity contribution in [3.05, 3.63) is 46.8 Å². The number of carbonyl (C=O) groups excluding carboxylic acids is 1. The Morgan fingerprint density at radius 1 is 1.23 bits per heavy atom. The van der Waals surface area contributed by atoms with E-state index in [1.807, 2.05) is 32.0 Å². The first-order valence-corrected chi connectivity index (χ1v) is 9.13. The molecule has 1 aromatic heterocycles. The Kier molecular flexibility index (Phi) is 5.49. The normalized spacial score (nSPS) is 15.7. The summed E-state index contributed by atoms with van der Waals surface area (Å²) in [6.45, 7) is 4.74. The van der Waals surface area contributed by atoms with Crippen molar-refractivity contribution in [2.75, 3.05) is 13.7 Å². The molecule has 3 rings (SSSR count). The molecule has 0 unspecified atom stereocenters. The molecule has 26 heavy (non-hydrogen) atoms. The number of methoxy groups -OCH3 is 1. The van der Waals surface area contributed by atoms with Gasteiger partial charge < -0.3 is 19.9 Å². The van der Waals surface area contributed by atoms with Crippen molar-refractivity contribution in [1.29, 1.82) is 0 Å². The number of nitrogens with one attached hydrogen (secondary N) is 2. The van der Waals surface area contributed by atoms with Gasteiger partial charge in [0.1, 0.15) is 11.5 Å². The second-order valence-corrected chi connectivity index (χ2v) is 7.03. The molecule has 2 N–H and O–H groups in total. The van der Waals surface area contributed by atoms with Crippen LogP contribution in [0.4, 0.5) is 4.79 Å². The first-order chi connectivity index (χ1) is 12.6. The smallest absolute Gasteiger partial charge is 0.315 e. The van der Waals surface area contributed by atoms with Crippen molar-refractivity contribution in [3.8, 4) is 5.75 Å². The van der Waals surface area contributed by atoms with Crippen molar-refractivity contribution in [2.24, 2.45) is 0 Å². The van der Waals surface area contributed by atoms with Gasteiger partial charge in [0.25, 0.3) is 0 Å². The summed E-state index contributed by atoms with van der Waals surface area (Å²) in [4.78, 5) is 12.3. The molecule has 0 aliphatic heterocycles. The topological polar surface area (TPSA) is 76.4 Å². The number of nitrogens with zero attached hydrogens (tertiary/aromatic N) is 1. The molecule has 0 saturated heterocycles. The highest BCUT2D eigenvalue weighted by molar-refractivity contribution is 5.74. The lowest BCUT2D eigenvalue weighted by Crippen LogP contribution is -2.43. The Hall–Kier alpha value is -2.50. The van der Waals surface area contributed by atoms with Crippen LogP contribution in [0.2, 0.25) is 0 Å². The predicted octanol–water partition coefficient (Wildman–Crippen LogP) is 3.61. The minimum Gasteiger partial charge on any atom is -0.496 e. The summed E-state index contributed by atoms with van der Waals surface area (Å²) in [7, 11) is 1.70. The molecule has 2 amide bonds. The molecule has 140 valence electrons. The molecular formula is C20H27N3O3. The molecule has 2 aromatic rings. The highest BCUT2D eigenvalue weighted by Gasteiger charge is 2.38. The van der Waals surface area contributed by atoms with Gasteiger partial charge in [-0.3, -0.25) is 0 Å². The molecule has 1 heterocycles. The van der Waals surface area contributed by atoms with Crippen LogP contribution in [0.1, 0.15) is 48.3 Å². The molecule has 0 bridgehead atoms. The fourth-order valence-electron chi connectivity index (χ4n) is 3.91. The van der Waals surface area contributed by atoms with Gasteiger partial charge in [0.05, 0.1) is 12.8 Å². The average molecular weight is 357 g/mol. The molecule has 1 aromatic carbocycles. The van der Waals surface area contributed by atoms with E-state index < -0.39 is 0 Å². The van der Waals surface area contributed by atoms with Crippen molar-refractivity contribution in [1.82, 2.24) is 15.8 Å². The molecule has 1 saturated carbocycles. The first-order valence-electron chi connectivity index (χ1n) is 9.13. The van der Waals surface area contributed by atoms with E-state index in [1.54, 1.807) is 7.11 Å². The van der Waals surface area contributed by atoms with Crippen LogP contribution in [0.25, 0.3) is 0 Å². The summed E-state index contributed by atoms with van der Waals surface area (Å²) in [5, 5.41) is 9.88. The van der Waals surface area contributed by atoms with E-state index in [0.717, 1.165) is 35.6 Å². The molecule has 0 spiro atoms. The fourth-order valence-corrected chi connectivity index (χ4v) is 3.91. The van der Waals surface area contributed by atoms with E-state index in [9.17, 15) is 4.79 Å². The van der Waals surface area contributed by atoms with E-state index in [-0.39, 0.29) is 11.4 Å². The standard InChI is InChI=1S/C20H27N3O3/c1-14-16(15(2)26-23-14)12-21-19(24)22-13-20(10-6-7-11-20)17-8-4-5-9-18(17)25-3/h4-5,8-9H,6-7,10-13H2,1-3H3,(H2,21,22,24). The molecule has 6 heteroatoms. The summed E-state index contributed by atoms with van der Waals surface area (Å²) in [5.74, 6) is 1.64. The van der Waals surface area contributed by atoms with Crippen LogP contribution in [0.5, 0.6) is 5.75 Å². The van der Waals surface area contributed by atoms with Gasteiger partial charge in [-0.25, -0.2) is 4.79 Å². The van der Waals surface area contributed by atoms with Gasteiger partial charge >= 0.3 is 6.03 Å². The highest BCUT2D eigenvalue weighted by atomic mass is 16.5. The Bertz CT molecular complexity index is 744. The zero-order chi connectivity index (χ0) is 18.6. The maximum absolute atomic E-state index is 12.3. The van der Waals surface area contributed by atoms with Crippen LogP contribution in [0.15, 0.2) is 28.8 Å². The number of carbonyl (C=O) groups is 1. The molecule has 1 fully saturated rings. The quantitative estimate of drug-likeness (QED) is 0.828. The van der Waals surface area contributed by atoms with E-state index in [4.69, 9.17) is 9.26 Å². The van der Waals surface area contributed by atoms with Crippen molar-refractivity contribution >= 4 is 6.03 Å².